The van der Waals surface area contributed by atoms with Gasteiger partial charge in [-0.2, -0.15) is 0 Å². The predicted molar refractivity (Wildman–Crippen MR) is 35.6 cm³/mol. The molecule has 0 bridgehead atoms. The normalized spacial score (nSPS) is 13.0. The molecule has 0 saturated heterocycles. The number of rotatable bonds is 0. The summed E-state index contributed by atoms with van der Waals surface area (Å²) in [5.74, 6) is 0. The maximum atomic E-state index is 5.05. The summed E-state index contributed by atoms with van der Waals surface area (Å²) in [4.78, 5) is 0.876. The van der Waals surface area contributed by atoms with Gasteiger partial charge < -0.3 is 8.83 Å². The van der Waals surface area contributed by atoms with Crippen molar-refractivity contribution in [3.63, 3.8) is 0 Å². The van der Waals surface area contributed by atoms with E-state index in [1.54, 1.807) is 0 Å². The van der Waals surface area contributed by atoms with Gasteiger partial charge in [0.05, 0.1) is 4.90 Å². The van der Waals surface area contributed by atoms with E-state index in [2.05, 4.69) is 12.6 Å². The lowest BCUT2D eigenvalue weighted by Crippen LogP contribution is -1.50. The van der Waals surface area contributed by atoms with Gasteiger partial charge in [-0.3, -0.25) is 0 Å². The smallest absolute Gasteiger partial charge is 0.217 e. The summed E-state index contributed by atoms with van der Waals surface area (Å²) in [7, 11) is 0. The number of hydrogen-bond donors (Lipinski definition) is 1. The molecule has 44 valence electrons. The highest BCUT2D eigenvalue weighted by atomic mass is 32.1. The first kappa shape index (κ1) is 4.06. The third kappa shape index (κ3) is 0.357. The molecular formula is C6H2O2S. The van der Waals surface area contributed by atoms with Crippen molar-refractivity contribution in [1.29, 1.82) is 0 Å². The van der Waals surface area contributed by atoms with Gasteiger partial charge in [-0.25, -0.2) is 0 Å². The summed E-state index contributed by atoms with van der Waals surface area (Å²) in [5, 5.41) is 0. The summed E-state index contributed by atoms with van der Waals surface area (Å²) in [6.07, 6.45) is 0. The van der Waals surface area contributed by atoms with Crippen LogP contribution in [0.1, 0.15) is 0 Å². The Balaban J connectivity index is 2.70. The van der Waals surface area contributed by atoms with Crippen molar-refractivity contribution < 1.29 is 8.83 Å². The van der Waals surface area contributed by atoms with E-state index in [0.29, 0.717) is 0 Å². The summed E-state index contributed by atoms with van der Waals surface area (Å²) in [6, 6.07) is 1.87. The third-order valence-electron chi connectivity index (χ3n) is 1.47. The zero-order chi connectivity index (χ0) is 6.01. The van der Waals surface area contributed by atoms with Crippen LogP contribution in [0.2, 0.25) is 0 Å². The van der Waals surface area contributed by atoms with Crippen LogP contribution >= 0.6 is 12.6 Å². The van der Waals surface area contributed by atoms with Crippen LogP contribution in [-0.4, -0.2) is 0 Å². The first-order chi connectivity index (χ1) is 4.36. The summed E-state index contributed by atoms with van der Waals surface area (Å²) in [5.41, 5.74) is 3.59. The summed E-state index contributed by atoms with van der Waals surface area (Å²) < 4.78 is 10.1. The lowest BCUT2D eigenvalue weighted by molar-refractivity contribution is 0.726. The van der Waals surface area contributed by atoms with Crippen LogP contribution in [0.3, 0.4) is 0 Å². The molecule has 0 amide bonds. The first-order valence-electron chi connectivity index (χ1n) is 2.62. The second-order valence-corrected chi connectivity index (χ2v) is 2.57. The van der Waals surface area contributed by atoms with E-state index in [4.69, 9.17) is 8.83 Å². The minimum absolute atomic E-state index is 0.876. The van der Waals surface area contributed by atoms with E-state index < -0.39 is 0 Å². The van der Waals surface area contributed by atoms with Crippen LogP contribution < -0.4 is 0 Å². The average molecular weight is 138 g/mol. The lowest BCUT2D eigenvalue weighted by atomic mass is 10.4. The molecule has 9 heavy (non-hydrogen) atoms. The second-order valence-electron chi connectivity index (χ2n) is 2.09. The summed E-state index contributed by atoms with van der Waals surface area (Å²) in [6.45, 7) is 0. The zero-order valence-corrected chi connectivity index (χ0v) is 5.24. The Morgan fingerprint density at radius 2 is 2.00 bits per heavy atom. The Labute approximate surface area is 55.5 Å². The molecule has 0 aliphatic heterocycles. The molecule has 0 aliphatic rings. The first-order valence-corrected chi connectivity index (χ1v) is 3.06. The SMILES string of the molecule is Sc1cc2oc2c2oc12. The van der Waals surface area contributed by atoms with Crippen LogP contribution in [0.25, 0.3) is 22.3 Å². The van der Waals surface area contributed by atoms with Crippen LogP contribution in [0, 0.1) is 0 Å². The molecule has 0 atom stereocenters. The van der Waals surface area contributed by atoms with E-state index in [0.717, 1.165) is 27.2 Å². The van der Waals surface area contributed by atoms with Gasteiger partial charge in [0.15, 0.2) is 11.2 Å². The minimum Gasteiger partial charge on any atom is -0.445 e. The van der Waals surface area contributed by atoms with Gasteiger partial charge in [0.1, 0.15) is 0 Å². The largest absolute Gasteiger partial charge is 0.445 e. The quantitative estimate of drug-likeness (QED) is 0.482. The van der Waals surface area contributed by atoms with Crippen molar-refractivity contribution in [2.45, 2.75) is 4.90 Å². The van der Waals surface area contributed by atoms with Crippen molar-refractivity contribution in [2.24, 2.45) is 0 Å². The fraction of sp³-hybridized carbons (Fsp3) is 0. The lowest BCUT2D eigenvalue weighted by Gasteiger charge is -1.70. The highest BCUT2D eigenvalue weighted by Gasteiger charge is 2.23. The molecule has 2 heterocycles. The molecule has 2 nitrogen and oxygen atoms in total. The molecule has 0 fully saturated rings. The van der Waals surface area contributed by atoms with E-state index >= 15 is 0 Å². The van der Waals surface area contributed by atoms with Crippen LogP contribution in [-0.2, 0) is 0 Å². The van der Waals surface area contributed by atoms with Crippen molar-refractivity contribution in [2.75, 3.05) is 0 Å². The zero-order valence-electron chi connectivity index (χ0n) is 4.34. The summed E-state index contributed by atoms with van der Waals surface area (Å²) >= 11 is 4.15. The average Bonchev–Trinajstić information content (AvgIpc) is 2.54. The van der Waals surface area contributed by atoms with Gasteiger partial charge in [-0.1, -0.05) is 0 Å². The Morgan fingerprint density at radius 1 is 1.11 bits per heavy atom. The molecule has 3 aromatic rings. The van der Waals surface area contributed by atoms with E-state index in [9.17, 15) is 0 Å². The number of hydrogen-bond acceptors (Lipinski definition) is 3. The van der Waals surface area contributed by atoms with Gasteiger partial charge in [0, 0.05) is 6.07 Å². The number of fused-ring (bicyclic) bond motifs is 3. The van der Waals surface area contributed by atoms with Crippen LogP contribution in [0.4, 0.5) is 0 Å². The molecule has 1 aromatic carbocycles. The van der Waals surface area contributed by atoms with Crippen molar-refractivity contribution in [3.05, 3.63) is 6.07 Å². The molecule has 0 radical (unpaired) electrons. The van der Waals surface area contributed by atoms with Crippen molar-refractivity contribution in [1.82, 2.24) is 0 Å². The maximum absolute atomic E-state index is 5.05. The molecule has 0 unspecified atom stereocenters. The van der Waals surface area contributed by atoms with Gasteiger partial charge >= 0.3 is 0 Å². The number of benzene rings is 1. The molecule has 0 saturated carbocycles. The van der Waals surface area contributed by atoms with Crippen LogP contribution in [0.15, 0.2) is 19.8 Å². The Kier molecular flexibility index (Phi) is 0.418. The molecular weight excluding hydrogens is 136 g/mol. The molecule has 0 N–H and O–H groups in total. The van der Waals surface area contributed by atoms with Gasteiger partial charge in [0.2, 0.25) is 11.2 Å². The highest BCUT2D eigenvalue weighted by molar-refractivity contribution is 7.80. The topological polar surface area (TPSA) is 26.3 Å². The number of thiol groups is 1. The van der Waals surface area contributed by atoms with Gasteiger partial charge in [-0.05, 0) is 0 Å². The van der Waals surface area contributed by atoms with Crippen molar-refractivity contribution >= 4 is 35.0 Å². The predicted octanol–water partition coefficient (Wildman–Crippen LogP) is 2.34. The molecule has 3 heteroatoms. The molecule has 3 rings (SSSR count). The molecule has 0 spiro atoms. The van der Waals surface area contributed by atoms with Crippen LogP contribution in [0.5, 0.6) is 0 Å². The highest BCUT2D eigenvalue weighted by Crippen LogP contribution is 2.42. The monoisotopic (exact) mass is 138 g/mol. The van der Waals surface area contributed by atoms with Gasteiger partial charge in [0.25, 0.3) is 0 Å². The van der Waals surface area contributed by atoms with Crippen molar-refractivity contribution in [3.8, 4) is 0 Å². The third-order valence-corrected chi connectivity index (χ3v) is 1.80. The Morgan fingerprint density at radius 3 is 2.89 bits per heavy atom. The minimum atomic E-state index is 0.876. The fourth-order valence-electron chi connectivity index (χ4n) is 0.922. The fourth-order valence-corrected chi connectivity index (χ4v) is 1.19. The van der Waals surface area contributed by atoms with Gasteiger partial charge in [-0.15, -0.1) is 12.6 Å². The Bertz CT molecular complexity index is 436. The van der Waals surface area contributed by atoms with E-state index in [1.165, 1.54) is 0 Å². The standard InChI is InChI=1S/C6H2O2S/c9-3-1-2-4(7-2)6-5(3)8-6/h1,9H. The van der Waals surface area contributed by atoms with E-state index in [-0.39, 0.29) is 0 Å². The molecule has 0 aliphatic carbocycles. The Hall–Kier alpha value is -0.830. The molecule has 2 aromatic heterocycles. The van der Waals surface area contributed by atoms with E-state index in [1.807, 2.05) is 6.07 Å². The maximum Gasteiger partial charge on any atom is 0.217 e. The second kappa shape index (κ2) is 0.926.